The fourth-order valence-corrected chi connectivity index (χ4v) is 5.77. The van der Waals surface area contributed by atoms with Crippen LogP contribution < -0.4 is 5.73 Å². The van der Waals surface area contributed by atoms with Crippen LogP contribution in [0.2, 0.25) is 0 Å². The van der Waals surface area contributed by atoms with Gasteiger partial charge < -0.3 is 10.6 Å². The van der Waals surface area contributed by atoms with Crippen LogP contribution in [0.4, 0.5) is 0 Å². The third-order valence-corrected chi connectivity index (χ3v) is 7.46. The summed E-state index contributed by atoms with van der Waals surface area (Å²) in [6.07, 6.45) is 2.10. The molecule has 0 unspecified atom stereocenters. The van der Waals surface area contributed by atoms with Crippen LogP contribution in [0.3, 0.4) is 0 Å². The molecule has 0 aromatic heterocycles. The van der Waals surface area contributed by atoms with E-state index in [1.54, 1.807) is 0 Å². The van der Waals surface area contributed by atoms with Gasteiger partial charge in [0.05, 0.1) is 0 Å². The van der Waals surface area contributed by atoms with Crippen molar-refractivity contribution in [2.45, 2.75) is 23.2 Å². The number of likely N-dealkylation sites (tertiary alicyclic amines) is 1. The van der Waals surface area contributed by atoms with E-state index in [1.807, 2.05) is 48.2 Å². The van der Waals surface area contributed by atoms with Crippen molar-refractivity contribution in [3.8, 4) is 0 Å². The molecule has 2 N–H and O–H groups in total. The highest BCUT2D eigenvalue weighted by atomic mass is 32.2. The van der Waals surface area contributed by atoms with E-state index in [0.717, 1.165) is 49.4 Å². The van der Waals surface area contributed by atoms with E-state index in [9.17, 15) is 4.79 Å². The first-order valence-corrected chi connectivity index (χ1v) is 12.0. The van der Waals surface area contributed by atoms with Gasteiger partial charge in [-0.15, -0.1) is 11.8 Å². The highest BCUT2D eigenvalue weighted by molar-refractivity contribution is 7.99. The second-order valence-electron chi connectivity index (χ2n) is 8.21. The molecule has 1 heterocycles. The number of nitrogens with zero attached hydrogens (tertiary/aromatic N) is 1. The molecule has 0 saturated carbocycles. The Labute approximate surface area is 189 Å². The molecule has 1 amide bonds. The molecule has 0 spiro atoms. The highest BCUT2D eigenvalue weighted by Gasteiger charge is 2.49. The van der Waals surface area contributed by atoms with Gasteiger partial charge in [-0.1, -0.05) is 78.9 Å². The standard InChI is InChI=1S/C27H30N2OS/c28-26(30)27(22-11-4-1-5-12-22,23-13-6-2-7-14-23)24-17-19-29(21-24)18-10-20-31-25-15-8-3-9-16-25/h1-9,11-16,24H,10,17-21H2,(H2,28,30)/t24-/m1/s1. The Kier molecular flexibility index (Phi) is 7.10. The fraction of sp³-hybridized carbons (Fsp3) is 0.296. The number of carbonyl (C=O) groups excluding carboxylic acids is 1. The Morgan fingerprint density at radius 3 is 2.00 bits per heavy atom. The molecule has 1 atom stereocenters. The molecule has 3 aromatic rings. The number of benzene rings is 3. The Hall–Kier alpha value is -2.56. The van der Waals surface area contributed by atoms with Crippen LogP contribution >= 0.6 is 11.8 Å². The third kappa shape index (κ3) is 4.70. The van der Waals surface area contributed by atoms with Crippen LogP contribution in [0.5, 0.6) is 0 Å². The number of primary amides is 1. The van der Waals surface area contributed by atoms with Crippen molar-refractivity contribution in [2.24, 2.45) is 11.7 Å². The second-order valence-corrected chi connectivity index (χ2v) is 9.37. The maximum atomic E-state index is 13.1. The number of amides is 1. The molecular weight excluding hydrogens is 400 g/mol. The van der Waals surface area contributed by atoms with Crippen molar-refractivity contribution in [3.63, 3.8) is 0 Å². The molecule has 1 aliphatic heterocycles. The quantitative estimate of drug-likeness (QED) is 0.385. The second kappa shape index (κ2) is 10.2. The van der Waals surface area contributed by atoms with E-state index in [4.69, 9.17) is 5.73 Å². The molecule has 4 heteroatoms. The van der Waals surface area contributed by atoms with E-state index in [-0.39, 0.29) is 11.8 Å². The first-order valence-electron chi connectivity index (χ1n) is 11.0. The van der Waals surface area contributed by atoms with Crippen molar-refractivity contribution in [2.75, 3.05) is 25.4 Å². The Balaban J connectivity index is 1.49. The first kappa shape index (κ1) is 21.7. The monoisotopic (exact) mass is 430 g/mol. The average Bonchev–Trinajstić information content (AvgIpc) is 3.28. The van der Waals surface area contributed by atoms with Gasteiger partial charge in [-0.3, -0.25) is 4.79 Å². The van der Waals surface area contributed by atoms with Crippen molar-refractivity contribution >= 4 is 17.7 Å². The molecule has 0 radical (unpaired) electrons. The summed E-state index contributed by atoms with van der Waals surface area (Å²) in [7, 11) is 0. The van der Waals surface area contributed by atoms with Crippen LogP contribution in [-0.4, -0.2) is 36.2 Å². The molecule has 31 heavy (non-hydrogen) atoms. The molecule has 0 aliphatic carbocycles. The van der Waals surface area contributed by atoms with Gasteiger partial charge in [0.25, 0.3) is 0 Å². The zero-order valence-corrected chi connectivity index (χ0v) is 18.6. The minimum atomic E-state index is -0.796. The van der Waals surface area contributed by atoms with Gasteiger partial charge in [-0.25, -0.2) is 0 Å². The summed E-state index contributed by atoms with van der Waals surface area (Å²) in [6.45, 7) is 2.95. The zero-order chi connectivity index (χ0) is 21.5. The summed E-state index contributed by atoms with van der Waals surface area (Å²) in [6, 6.07) is 30.8. The van der Waals surface area contributed by atoms with Crippen LogP contribution in [0.15, 0.2) is 95.9 Å². The molecule has 1 fully saturated rings. The number of hydrogen-bond donors (Lipinski definition) is 1. The number of rotatable bonds is 9. The summed E-state index contributed by atoms with van der Waals surface area (Å²) in [5.41, 5.74) is 7.39. The summed E-state index contributed by atoms with van der Waals surface area (Å²) >= 11 is 1.91. The molecule has 3 nitrogen and oxygen atoms in total. The lowest BCUT2D eigenvalue weighted by Crippen LogP contribution is -2.49. The summed E-state index contributed by atoms with van der Waals surface area (Å²) < 4.78 is 0. The topological polar surface area (TPSA) is 46.3 Å². The smallest absolute Gasteiger partial charge is 0.232 e. The predicted molar refractivity (Wildman–Crippen MR) is 129 cm³/mol. The van der Waals surface area contributed by atoms with Crippen molar-refractivity contribution in [3.05, 3.63) is 102 Å². The van der Waals surface area contributed by atoms with E-state index in [0.29, 0.717) is 0 Å². The highest BCUT2D eigenvalue weighted by Crippen LogP contribution is 2.43. The van der Waals surface area contributed by atoms with Gasteiger partial charge in [-0.2, -0.15) is 0 Å². The van der Waals surface area contributed by atoms with Crippen LogP contribution in [0.1, 0.15) is 24.0 Å². The van der Waals surface area contributed by atoms with Gasteiger partial charge in [0, 0.05) is 11.4 Å². The number of nitrogens with two attached hydrogens (primary N) is 1. The van der Waals surface area contributed by atoms with Gasteiger partial charge >= 0.3 is 0 Å². The largest absolute Gasteiger partial charge is 0.369 e. The molecule has 0 bridgehead atoms. The van der Waals surface area contributed by atoms with E-state index >= 15 is 0 Å². The van der Waals surface area contributed by atoms with E-state index < -0.39 is 5.41 Å². The lowest BCUT2D eigenvalue weighted by atomic mass is 9.64. The molecule has 3 aromatic carbocycles. The maximum absolute atomic E-state index is 13.1. The number of hydrogen-bond acceptors (Lipinski definition) is 3. The average molecular weight is 431 g/mol. The lowest BCUT2D eigenvalue weighted by molar-refractivity contribution is -0.123. The van der Waals surface area contributed by atoms with Crippen LogP contribution in [-0.2, 0) is 10.2 Å². The Morgan fingerprint density at radius 2 is 1.45 bits per heavy atom. The lowest BCUT2D eigenvalue weighted by Gasteiger charge is -2.37. The van der Waals surface area contributed by atoms with Crippen molar-refractivity contribution < 1.29 is 4.79 Å². The SMILES string of the molecule is NC(=O)C(c1ccccc1)(c1ccccc1)[C@@H]1CCN(CCCSc2ccccc2)C1. The van der Waals surface area contributed by atoms with Crippen LogP contribution in [0, 0.1) is 5.92 Å². The minimum Gasteiger partial charge on any atom is -0.369 e. The first-order chi connectivity index (χ1) is 15.2. The zero-order valence-electron chi connectivity index (χ0n) is 17.8. The molecular formula is C27H30N2OS. The van der Waals surface area contributed by atoms with Gasteiger partial charge in [-0.05, 0) is 60.9 Å². The molecule has 4 rings (SSSR count). The van der Waals surface area contributed by atoms with Crippen LogP contribution in [0.25, 0.3) is 0 Å². The van der Waals surface area contributed by atoms with Crippen molar-refractivity contribution in [1.82, 2.24) is 4.90 Å². The third-order valence-electron chi connectivity index (χ3n) is 6.36. The maximum Gasteiger partial charge on any atom is 0.232 e. The Morgan fingerprint density at radius 1 is 0.903 bits per heavy atom. The number of carbonyl (C=O) groups is 1. The normalized spacial score (nSPS) is 17.0. The molecule has 160 valence electrons. The van der Waals surface area contributed by atoms with Gasteiger partial charge in [0.1, 0.15) is 5.41 Å². The summed E-state index contributed by atoms with van der Waals surface area (Å²) in [5.74, 6) is 1.01. The van der Waals surface area contributed by atoms with Gasteiger partial charge in [0.15, 0.2) is 0 Å². The summed E-state index contributed by atoms with van der Waals surface area (Å²) in [4.78, 5) is 17.0. The predicted octanol–water partition coefficient (Wildman–Crippen LogP) is 4.96. The molecule has 1 aliphatic rings. The fourth-order valence-electron chi connectivity index (χ4n) is 4.91. The molecule has 1 saturated heterocycles. The van der Waals surface area contributed by atoms with E-state index in [2.05, 4.69) is 59.5 Å². The van der Waals surface area contributed by atoms with Gasteiger partial charge in [0.2, 0.25) is 5.91 Å². The number of thioether (sulfide) groups is 1. The van der Waals surface area contributed by atoms with Crippen molar-refractivity contribution in [1.29, 1.82) is 0 Å². The van der Waals surface area contributed by atoms with E-state index in [1.165, 1.54) is 4.90 Å². The minimum absolute atomic E-state index is 0.163. The summed E-state index contributed by atoms with van der Waals surface area (Å²) in [5, 5.41) is 0. The Bertz CT molecular complexity index is 923.